The average molecular weight is 262 g/mol. The molecule has 1 saturated heterocycles. The van der Waals surface area contributed by atoms with Crippen molar-refractivity contribution in [2.24, 2.45) is 0 Å². The van der Waals surface area contributed by atoms with Gasteiger partial charge in [-0.15, -0.1) is 0 Å². The number of ether oxygens (including phenoxy) is 1. The van der Waals surface area contributed by atoms with Crippen LogP contribution in [-0.4, -0.2) is 61.0 Å². The molecule has 2 unspecified atom stereocenters. The lowest BCUT2D eigenvalue weighted by atomic mass is 10.1. The molecular formula is C11H22N2O3S. The Morgan fingerprint density at radius 3 is 3.06 bits per heavy atom. The van der Waals surface area contributed by atoms with Gasteiger partial charge in [0.1, 0.15) is 0 Å². The van der Waals surface area contributed by atoms with Crippen LogP contribution < -0.4 is 10.6 Å². The largest absolute Gasteiger partial charge is 0.387 e. The van der Waals surface area contributed by atoms with Crippen LogP contribution in [0, 0.1) is 0 Å². The van der Waals surface area contributed by atoms with Crippen molar-refractivity contribution in [1.29, 1.82) is 0 Å². The monoisotopic (exact) mass is 262 g/mol. The molecule has 0 aliphatic carbocycles. The number of amides is 1. The first-order chi connectivity index (χ1) is 8.03. The molecule has 1 heterocycles. The second-order valence-electron chi connectivity index (χ2n) is 4.61. The summed E-state index contributed by atoms with van der Waals surface area (Å²) in [6.45, 7) is 4.23. The molecule has 0 aromatic carbocycles. The number of nitrogens with one attached hydrogen (secondary N) is 2. The van der Waals surface area contributed by atoms with Crippen molar-refractivity contribution in [2.75, 3.05) is 38.2 Å². The van der Waals surface area contributed by atoms with Crippen molar-refractivity contribution in [3.8, 4) is 0 Å². The number of carbonyl (C=O) groups is 1. The van der Waals surface area contributed by atoms with Gasteiger partial charge in [-0.3, -0.25) is 4.79 Å². The predicted molar refractivity (Wildman–Crippen MR) is 69.2 cm³/mol. The Labute approximate surface area is 107 Å². The van der Waals surface area contributed by atoms with Gasteiger partial charge in [0.15, 0.2) is 0 Å². The Morgan fingerprint density at radius 2 is 2.47 bits per heavy atom. The number of morpholine rings is 1. The van der Waals surface area contributed by atoms with Crippen molar-refractivity contribution in [3.63, 3.8) is 0 Å². The molecule has 1 aliphatic rings. The van der Waals surface area contributed by atoms with Crippen LogP contribution in [0.3, 0.4) is 0 Å². The van der Waals surface area contributed by atoms with E-state index in [9.17, 15) is 9.90 Å². The Kier molecular flexibility index (Phi) is 6.26. The van der Waals surface area contributed by atoms with E-state index in [2.05, 4.69) is 10.6 Å². The molecule has 6 heteroatoms. The molecule has 2 atom stereocenters. The summed E-state index contributed by atoms with van der Waals surface area (Å²) in [5, 5.41) is 15.8. The van der Waals surface area contributed by atoms with Gasteiger partial charge in [-0.2, -0.15) is 11.8 Å². The van der Waals surface area contributed by atoms with Crippen LogP contribution in [0.15, 0.2) is 0 Å². The summed E-state index contributed by atoms with van der Waals surface area (Å²) in [6, 6.07) is 0. The summed E-state index contributed by atoms with van der Waals surface area (Å²) in [5.74, 6) is 0.537. The predicted octanol–water partition coefficient (Wildman–Crippen LogP) is -0.405. The highest BCUT2D eigenvalue weighted by atomic mass is 32.2. The number of carbonyl (C=O) groups excluding carboxylic acids is 1. The zero-order valence-corrected chi connectivity index (χ0v) is 11.3. The zero-order valence-electron chi connectivity index (χ0n) is 10.5. The van der Waals surface area contributed by atoms with E-state index in [0.29, 0.717) is 25.3 Å². The second kappa shape index (κ2) is 7.20. The van der Waals surface area contributed by atoms with Crippen LogP contribution in [0.4, 0.5) is 0 Å². The van der Waals surface area contributed by atoms with Crippen molar-refractivity contribution < 1.29 is 14.6 Å². The highest BCUT2D eigenvalue weighted by Gasteiger charge is 2.22. The molecule has 0 saturated carbocycles. The quantitative estimate of drug-likeness (QED) is 0.607. The lowest BCUT2D eigenvalue weighted by molar-refractivity contribution is -0.125. The standard InChI is InChI=1S/C11H22N2O3S/c1-11(15,8-17-2)7-13-10(14)5-9-6-12-3-4-16-9/h9,12,15H,3-8H2,1-2H3,(H,13,14). The number of thioether (sulfide) groups is 1. The van der Waals surface area contributed by atoms with Crippen molar-refractivity contribution in [3.05, 3.63) is 0 Å². The van der Waals surface area contributed by atoms with E-state index in [1.807, 2.05) is 6.26 Å². The van der Waals surface area contributed by atoms with E-state index in [0.717, 1.165) is 6.54 Å². The molecule has 0 aromatic heterocycles. The van der Waals surface area contributed by atoms with Gasteiger partial charge in [-0.05, 0) is 13.2 Å². The van der Waals surface area contributed by atoms with Crippen LogP contribution >= 0.6 is 11.8 Å². The topological polar surface area (TPSA) is 70.6 Å². The Morgan fingerprint density at radius 1 is 1.71 bits per heavy atom. The fraction of sp³-hybridized carbons (Fsp3) is 0.909. The normalized spacial score (nSPS) is 24.1. The summed E-state index contributed by atoms with van der Waals surface area (Å²) < 4.78 is 5.44. The van der Waals surface area contributed by atoms with Crippen LogP contribution in [-0.2, 0) is 9.53 Å². The lowest BCUT2D eigenvalue weighted by Gasteiger charge is -2.25. The third kappa shape index (κ3) is 6.26. The maximum absolute atomic E-state index is 11.6. The van der Waals surface area contributed by atoms with Crippen LogP contribution in [0.25, 0.3) is 0 Å². The minimum Gasteiger partial charge on any atom is -0.387 e. The van der Waals surface area contributed by atoms with E-state index in [4.69, 9.17) is 4.74 Å². The van der Waals surface area contributed by atoms with Gasteiger partial charge < -0.3 is 20.5 Å². The number of hydrogen-bond acceptors (Lipinski definition) is 5. The number of aliphatic hydroxyl groups is 1. The second-order valence-corrected chi connectivity index (χ2v) is 5.47. The molecular weight excluding hydrogens is 240 g/mol. The molecule has 1 rings (SSSR count). The SMILES string of the molecule is CSCC(C)(O)CNC(=O)CC1CNCCO1. The Bertz CT molecular complexity index is 243. The summed E-state index contributed by atoms with van der Waals surface area (Å²) in [6.07, 6.45) is 2.23. The van der Waals surface area contributed by atoms with E-state index in [1.54, 1.807) is 18.7 Å². The van der Waals surface area contributed by atoms with Crippen LogP contribution in [0.5, 0.6) is 0 Å². The first-order valence-corrected chi connectivity index (χ1v) is 7.23. The van der Waals surface area contributed by atoms with E-state index in [1.165, 1.54) is 0 Å². The van der Waals surface area contributed by atoms with Gasteiger partial charge in [-0.1, -0.05) is 0 Å². The van der Waals surface area contributed by atoms with Gasteiger partial charge in [-0.25, -0.2) is 0 Å². The minimum atomic E-state index is -0.846. The lowest BCUT2D eigenvalue weighted by Crippen LogP contribution is -2.45. The smallest absolute Gasteiger partial charge is 0.222 e. The molecule has 100 valence electrons. The summed E-state index contributed by atoms with van der Waals surface area (Å²) in [7, 11) is 0. The fourth-order valence-corrected chi connectivity index (χ4v) is 2.40. The van der Waals surface area contributed by atoms with Gasteiger partial charge >= 0.3 is 0 Å². The van der Waals surface area contributed by atoms with Crippen LogP contribution in [0.1, 0.15) is 13.3 Å². The highest BCUT2D eigenvalue weighted by molar-refractivity contribution is 7.98. The Hall–Kier alpha value is -0.300. The molecule has 1 fully saturated rings. The van der Waals surface area contributed by atoms with E-state index >= 15 is 0 Å². The summed E-state index contributed by atoms with van der Waals surface area (Å²) in [4.78, 5) is 11.6. The molecule has 3 N–H and O–H groups in total. The summed E-state index contributed by atoms with van der Waals surface area (Å²) in [5.41, 5.74) is -0.846. The van der Waals surface area contributed by atoms with Crippen molar-refractivity contribution in [2.45, 2.75) is 25.0 Å². The number of hydrogen-bond donors (Lipinski definition) is 3. The molecule has 17 heavy (non-hydrogen) atoms. The molecule has 5 nitrogen and oxygen atoms in total. The van der Waals surface area contributed by atoms with Gasteiger partial charge in [0, 0.05) is 25.4 Å². The molecule has 0 spiro atoms. The van der Waals surface area contributed by atoms with Crippen molar-refractivity contribution in [1.82, 2.24) is 10.6 Å². The maximum atomic E-state index is 11.6. The third-order valence-electron chi connectivity index (χ3n) is 2.54. The molecule has 1 amide bonds. The van der Waals surface area contributed by atoms with Gasteiger partial charge in [0.2, 0.25) is 5.91 Å². The molecule has 0 bridgehead atoms. The Balaban J connectivity index is 2.20. The van der Waals surface area contributed by atoms with E-state index < -0.39 is 5.60 Å². The average Bonchev–Trinajstić information content (AvgIpc) is 2.28. The maximum Gasteiger partial charge on any atom is 0.222 e. The summed E-state index contributed by atoms with van der Waals surface area (Å²) >= 11 is 1.56. The first kappa shape index (κ1) is 14.8. The fourth-order valence-electron chi connectivity index (χ4n) is 1.68. The third-order valence-corrected chi connectivity index (χ3v) is 3.45. The van der Waals surface area contributed by atoms with Gasteiger partial charge in [0.05, 0.1) is 24.7 Å². The van der Waals surface area contributed by atoms with Gasteiger partial charge in [0.25, 0.3) is 0 Å². The molecule has 0 radical (unpaired) electrons. The highest BCUT2D eigenvalue weighted by Crippen LogP contribution is 2.09. The minimum absolute atomic E-state index is 0.0470. The van der Waals surface area contributed by atoms with Crippen LogP contribution in [0.2, 0.25) is 0 Å². The zero-order chi connectivity index (χ0) is 12.7. The number of rotatable bonds is 6. The first-order valence-electron chi connectivity index (χ1n) is 5.84. The van der Waals surface area contributed by atoms with E-state index in [-0.39, 0.29) is 18.6 Å². The molecule has 1 aliphatic heterocycles. The molecule has 0 aromatic rings. The van der Waals surface area contributed by atoms with Crippen molar-refractivity contribution >= 4 is 17.7 Å².